The molecule has 27 heavy (non-hydrogen) atoms. The molecule has 0 aliphatic rings. The van der Waals surface area contributed by atoms with Crippen LogP contribution in [0.3, 0.4) is 0 Å². The summed E-state index contributed by atoms with van der Waals surface area (Å²) >= 11 is 0. The second-order valence-electron chi connectivity index (χ2n) is 6.30. The lowest BCUT2D eigenvalue weighted by Crippen LogP contribution is -2.24. The maximum Gasteiger partial charge on any atom is 0.173 e. The van der Waals surface area contributed by atoms with Crippen LogP contribution in [0.15, 0.2) is 48.8 Å². The van der Waals surface area contributed by atoms with Crippen molar-refractivity contribution in [3.05, 3.63) is 60.2 Å². The van der Waals surface area contributed by atoms with Crippen molar-refractivity contribution in [3.8, 4) is 22.4 Å². The van der Waals surface area contributed by atoms with Gasteiger partial charge in [0.25, 0.3) is 0 Å². The van der Waals surface area contributed by atoms with Gasteiger partial charge in [0.2, 0.25) is 0 Å². The molecule has 2 aromatic heterocycles. The summed E-state index contributed by atoms with van der Waals surface area (Å²) in [5, 5.41) is 3.23. The monoisotopic (exact) mass is 364 g/mol. The van der Waals surface area contributed by atoms with Gasteiger partial charge in [-0.05, 0) is 25.5 Å². The number of anilines is 1. The SMILES string of the molecule is COC(CNc1cc(-c2cncc(-c3ccc(C)cc3)c2)nc(C)n1)OC. The highest BCUT2D eigenvalue weighted by molar-refractivity contribution is 5.71. The fraction of sp³-hybridized carbons (Fsp3) is 0.286. The van der Waals surface area contributed by atoms with E-state index in [1.807, 2.05) is 25.4 Å². The van der Waals surface area contributed by atoms with Crippen LogP contribution in [0.25, 0.3) is 22.4 Å². The maximum absolute atomic E-state index is 5.20. The fourth-order valence-corrected chi connectivity index (χ4v) is 2.74. The number of pyridine rings is 1. The normalized spacial score (nSPS) is 11.0. The molecule has 140 valence electrons. The van der Waals surface area contributed by atoms with E-state index in [9.17, 15) is 0 Å². The molecule has 0 spiro atoms. The Balaban J connectivity index is 1.87. The molecule has 0 unspecified atom stereocenters. The topological polar surface area (TPSA) is 69.2 Å². The zero-order chi connectivity index (χ0) is 19.2. The standard InChI is InChI=1S/C21H24N4O2/c1-14-5-7-16(8-6-14)17-9-18(12-22-11-17)19-10-20(25-15(2)24-19)23-13-21(26-3)27-4/h5-12,21H,13H2,1-4H3,(H,23,24,25). The van der Waals surface area contributed by atoms with Crippen molar-refractivity contribution in [3.63, 3.8) is 0 Å². The highest BCUT2D eigenvalue weighted by Gasteiger charge is 2.09. The first-order valence-corrected chi connectivity index (χ1v) is 8.76. The molecule has 3 rings (SSSR count). The zero-order valence-corrected chi connectivity index (χ0v) is 16.1. The number of hydrogen-bond acceptors (Lipinski definition) is 6. The number of aryl methyl sites for hydroxylation is 2. The average Bonchev–Trinajstić information content (AvgIpc) is 2.69. The van der Waals surface area contributed by atoms with Gasteiger partial charge in [0.1, 0.15) is 11.6 Å². The molecular weight excluding hydrogens is 340 g/mol. The van der Waals surface area contributed by atoms with Gasteiger partial charge in [-0.25, -0.2) is 9.97 Å². The number of ether oxygens (including phenoxy) is 2. The van der Waals surface area contributed by atoms with Crippen LogP contribution in [0.5, 0.6) is 0 Å². The van der Waals surface area contributed by atoms with Gasteiger partial charge in [-0.3, -0.25) is 4.98 Å². The minimum atomic E-state index is -0.338. The molecule has 0 fully saturated rings. The maximum atomic E-state index is 5.20. The molecule has 0 radical (unpaired) electrons. The number of nitrogens with one attached hydrogen (secondary N) is 1. The zero-order valence-electron chi connectivity index (χ0n) is 16.1. The van der Waals surface area contributed by atoms with Crippen molar-refractivity contribution in [2.24, 2.45) is 0 Å². The minimum Gasteiger partial charge on any atom is -0.365 e. The Kier molecular flexibility index (Phi) is 6.11. The first-order chi connectivity index (χ1) is 13.1. The smallest absolute Gasteiger partial charge is 0.173 e. The van der Waals surface area contributed by atoms with Crippen molar-refractivity contribution in [1.82, 2.24) is 15.0 Å². The molecule has 1 aromatic carbocycles. The van der Waals surface area contributed by atoms with Gasteiger partial charge in [0.15, 0.2) is 6.29 Å². The van der Waals surface area contributed by atoms with Crippen LogP contribution in [-0.2, 0) is 9.47 Å². The Morgan fingerprint density at radius 2 is 1.59 bits per heavy atom. The van der Waals surface area contributed by atoms with Crippen molar-refractivity contribution in [2.45, 2.75) is 20.1 Å². The molecule has 0 bridgehead atoms. The van der Waals surface area contributed by atoms with Crippen molar-refractivity contribution >= 4 is 5.82 Å². The molecule has 6 heteroatoms. The molecule has 0 saturated carbocycles. The van der Waals surface area contributed by atoms with E-state index in [1.165, 1.54) is 5.56 Å². The predicted octanol–water partition coefficient (Wildman–Crippen LogP) is 3.85. The van der Waals surface area contributed by atoms with E-state index >= 15 is 0 Å². The first kappa shape index (κ1) is 18.9. The second-order valence-corrected chi connectivity index (χ2v) is 6.30. The summed E-state index contributed by atoms with van der Waals surface area (Å²) in [6.45, 7) is 4.44. The summed E-state index contributed by atoms with van der Waals surface area (Å²) in [4.78, 5) is 13.4. The summed E-state index contributed by atoms with van der Waals surface area (Å²) in [5.41, 5.74) is 5.17. The van der Waals surface area contributed by atoms with Gasteiger partial charge >= 0.3 is 0 Å². The quantitative estimate of drug-likeness (QED) is 0.642. The molecule has 0 aliphatic heterocycles. The largest absolute Gasteiger partial charge is 0.365 e. The number of hydrogen-bond donors (Lipinski definition) is 1. The number of nitrogens with zero attached hydrogens (tertiary/aromatic N) is 3. The second kappa shape index (κ2) is 8.70. The lowest BCUT2D eigenvalue weighted by Gasteiger charge is -2.15. The molecular formula is C21H24N4O2. The molecule has 0 aliphatic carbocycles. The third-order valence-electron chi connectivity index (χ3n) is 4.23. The van der Waals surface area contributed by atoms with Gasteiger partial charge in [0, 0.05) is 43.8 Å². The van der Waals surface area contributed by atoms with E-state index in [1.54, 1.807) is 14.2 Å². The Morgan fingerprint density at radius 3 is 2.30 bits per heavy atom. The fourth-order valence-electron chi connectivity index (χ4n) is 2.74. The molecule has 3 aromatic rings. The Morgan fingerprint density at radius 1 is 0.889 bits per heavy atom. The Bertz CT molecular complexity index is 893. The molecule has 2 heterocycles. The van der Waals surface area contributed by atoms with E-state index < -0.39 is 0 Å². The van der Waals surface area contributed by atoms with Gasteiger partial charge in [-0.1, -0.05) is 29.8 Å². The highest BCUT2D eigenvalue weighted by atomic mass is 16.7. The van der Waals surface area contributed by atoms with Crippen LogP contribution in [0, 0.1) is 13.8 Å². The van der Waals surface area contributed by atoms with Gasteiger partial charge in [-0.2, -0.15) is 0 Å². The van der Waals surface area contributed by atoms with Crippen LogP contribution in [0.1, 0.15) is 11.4 Å². The summed E-state index contributed by atoms with van der Waals surface area (Å²) in [6.07, 6.45) is 3.34. The van der Waals surface area contributed by atoms with Crippen molar-refractivity contribution < 1.29 is 9.47 Å². The van der Waals surface area contributed by atoms with Crippen LogP contribution >= 0.6 is 0 Å². The first-order valence-electron chi connectivity index (χ1n) is 8.76. The number of benzene rings is 1. The number of aromatic nitrogens is 3. The summed E-state index contributed by atoms with van der Waals surface area (Å²) in [6, 6.07) is 12.4. The van der Waals surface area contributed by atoms with Crippen molar-refractivity contribution in [2.75, 3.05) is 26.1 Å². The lowest BCUT2D eigenvalue weighted by atomic mass is 10.0. The third kappa shape index (κ3) is 4.87. The van der Waals surface area contributed by atoms with Gasteiger partial charge in [-0.15, -0.1) is 0 Å². The third-order valence-corrected chi connectivity index (χ3v) is 4.23. The minimum absolute atomic E-state index is 0.338. The highest BCUT2D eigenvalue weighted by Crippen LogP contribution is 2.25. The molecule has 0 atom stereocenters. The number of methoxy groups -OCH3 is 2. The van der Waals surface area contributed by atoms with Crippen LogP contribution in [-0.4, -0.2) is 42.0 Å². The molecule has 6 nitrogen and oxygen atoms in total. The Labute approximate surface area is 159 Å². The van der Waals surface area contributed by atoms with E-state index in [4.69, 9.17) is 9.47 Å². The average molecular weight is 364 g/mol. The van der Waals surface area contributed by atoms with Crippen LogP contribution in [0.4, 0.5) is 5.82 Å². The van der Waals surface area contributed by atoms with Gasteiger partial charge < -0.3 is 14.8 Å². The number of rotatable bonds is 7. The van der Waals surface area contributed by atoms with E-state index in [2.05, 4.69) is 57.5 Å². The summed E-state index contributed by atoms with van der Waals surface area (Å²) in [5.74, 6) is 1.40. The van der Waals surface area contributed by atoms with E-state index in [-0.39, 0.29) is 6.29 Å². The van der Waals surface area contributed by atoms with Crippen LogP contribution in [0.2, 0.25) is 0 Å². The van der Waals surface area contributed by atoms with Crippen LogP contribution < -0.4 is 5.32 Å². The van der Waals surface area contributed by atoms with Gasteiger partial charge in [0.05, 0.1) is 12.2 Å². The van der Waals surface area contributed by atoms with Crippen molar-refractivity contribution in [1.29, 1.82) is 0 Å². The summed E-state index contributed by atoms with van der Waals surface area (Å²) in [7, 11) is 3.21. The predicted molar refractivity (Wildman–Crippen MR) is 106 cm³/mol. The Hall–Kier alpha value is -2.83. The van der Waals surface area contributed by atoms with E-state index in [0.717, 1.165) is 28.2 Å². The van der Waals surface area contributed by atoms with E-state index in [0.29, 0.717) is 12.4 Å². The lowest BCUT2D eigenvalue weighted by molar-refractivity contribution is -0.0914. The molecule has 0 saturated heterocycles. The molecule has 0 amide bonds. The summed E-state index contributed by atoms with van der Waals surface area (Å²) < 4.78 is 10.4. The molecule has 1 N–H and O–H groups in total.